The summed E-state index contributed by atoms with van der Waals surface area (Å²) in [5, 5.41) is 20.5. The SMILES string of the molecule is CC[Si](CC)(CC)OC12CCC(=O)C(C(O)C1)C2O.[I][Sm][I].[I][Sm][I]. The summed E-state index contributed by atoms with van der Waals surface area (Å²) in [6.45, 7) is 6.46. The second kappa shape index (κ2) is 16.0. The van der Waals surface area contributed by atoms with Crippen molar-refractivity contribution in [2.75, 3.05) is 0 Å². The Bertz CT molecular complexity index is 397. The van der Waals surface area contributed by atoms with Crippen molar-refractivity contribution in [1.82, 2.24) is 0 Å². The minimum atomic E-state index is -1.85. The van der Waals surface area contributed by atoms with E-state index in [1.807, 2.05) is 0 Å². The summed E-state index contributed by atoms with van der Waals surface area (Å²) in [7, 11) is -1.85. The molecule has 0 amide bonds. The van der Waals surface area contributed by atoms with Gasteiger partial charge in [-0.3, -0.25) is 4.79 Å². The van der Waals surface area contributed by atoms with Crippen molar-refractivity contribution in [2.24, 2.45) is 5.92 Å². The molecule has 2 aliphatic rings. The summed E-state index contributed by atoms with van der Waals surface area (Å²) in [6.07, 6.45) is -0.141. The fraction of sp³-hybridized carbons (Fsp3) is 0.929. The Morgan fingerprint density at radius 3 is 1.96 bits per heavy atom. The molecule has 4 atom stereocenters. The minimum absolute atomic E-state index is 0.00603. The first-order chi connectivity index (χ1) is 11.8. The number of Topliss-reactive ketones (excluding diaryl/α,β-unsaturated/α-hetero) is 1. The Morgan fingerprint density at radius 2 is 1.56 bits per heavy atom. The number of carbonyl (C=O) groups excluding carboxylic acids is 1. The van der Waals surface area contributed by atoms with Gasteiger partial charge in [-0.25, -0.2) is 0 Å². The molecule has 0 aliphatic heterocycles. The van der Waals surface area contributed by atoms with Gasteiger partial charge in [0.2, 0.25) is 0 Å². The first-order valence-corrected chi connectivity index (χ1v) is 40.8. The van der Waals surface area contributed by atoms with Crippen molar-refractivity contribution in [2.45, 2.75) is 76.0 Å². The Morgan fingerprint density at radius 1 is 1.12 bits per heavy atom. The molecule has 0 aromatic heterocycles. The molecule has 11 heteroatoms. The molecule has 0 spiro atoms. The maximum atomic E-state index is 11.8. The molecule has 0 saturated heterocycles. The molecule has 0 aromatic rings. The third-order valence-corrected chi connectivity index (χ3v) is 10.1. The zero-order valence-corrected chi connectivity index (χ0v) is 29.4. The van der Waals surface area contributed by atoms with Gasteiger partial charge in [-0.05, 0) is 24.6 Å². The molecule has 150 valence electrons. The van der Waals surface area contributed by atoms with Crippen LogP contribution in [0, 0.1) is 56.8 Å². The second-order valence-corrected chi connectivity index (χ2v) is 49.7. The molecule has 4 unspecified atom stereocenters. The third-order valence-electron chi connectivity index (χ3n) is 5.37. The number of fused-ring (bicyclic) bond motifs is 2. The maximum absolute atomic E-state index is 11.8. The van der Waals surface area contributed by atoms with E-state index < -0.39 is 32.0 Å². The van der Waals surface area contributed by atoms with Gasteiger partial charge in [0.15, 0.2) is 8.32 Å². The number of aliphatic hydroxyl groups excluding tert-OH is 2. The summed E-state index contributed by atoms with van der Waals surface area (Å²) in [6, 6.07) is 3.05. The zero-order valence-electron chi connectivity index (χ0n) is 14.5. The Balaban J connectivity index is 0.000000844. The van der Waals surface area contributed by atoms with E-state index in [9.17, 15) is 15.0 Å². The molecule has 25 heavy (non-hydrogen) atoms. The van der Waals surface area contributed by atoms with Crippen LogP contribution in [0.15, 0.2) is 0 Å². The van der Waals surface area contributed by atoms with Crippen LogP contribution in [-0.2, 0) is 9.22 Å². The van der Waals surface area contributed by atoms with Gasteiger partial charge in [-0.1, -0.05) is 20.8 Å². The quantitative estimate of drug-likeness (QED) is 0.287. The van der Waals surface area contributed by atoms with E-state index in [-0.39, 0.29) is 56.7 Å². The van der Waals surface area contributed by atoms with Gasteiger partial charge in [-0.2, -0.15) is 0 Å². The van der Waals surface area contributed by atoms with Gasteiger partial charge < -0.3 is 14.6 Å². The first kappa shape index (κ1) is 30.4. The average Bonchev–Trinajstić information content (AvgIpc) is 2.74. The summed E-state index contributed by atoms with van der Waals surface area (Å²) >= 11 is 10.1. The zero-order chi connectivity index (χ0) is 19.7. The average molecular weight is 1090 g/mol. The summed E-state index contributed by atoms with van der Waals surface area (Å²) < 4.78 is 6.51. The van der Waals surface area contributed by atoms with E-state index in [4.69, 9.17) is 4.43 Å². The summed E-state index contributed by atoms with van der Waals surface area (Å²) in [5.41, 5.74) is -0.660. The number of hydrogen-bond donors (Lipinski definition) is 2. The molecule has 0 radical (unpaired) electrons. The molecule has 4 nitrogen and oxygen atoms in total. The van der Waals surface area contributed by atoms with Gasteiger partial charge in [0.25, 0.3) is 0 Å². The van der Waals surface area contributed by atoms with Crippen molar-refractivity contribution in [3.63, 3.8) is 0 Å². The molecule has 2 aliphatic carbocycles. The normalized spacial score (nSPS) is 30.9. The fourth-order valence-corrected chi connectivity index (χ4v) is 6.93. The van der Waals surface area contributed by atoms with Crippen LogP contribution < -0.4 is 0 Å². The van der Waals surface area contributed by atoms with Crippen molar-refractivity contribution in [3.05, 3.63) is 0 Å². The fourth-order valence-electron chi connectivity index (χ4n) is 3.83. The summed E-state index contributed by atoms with van der Waals surface area (Å²) in [5.74, 6) is -0.625. The van der Waals surface area contributed by atoms with Crippen LogP contribution in [0.25, 0.3) is 0 Å². The molecular formula is C14H26I4O4SiSm2. The van der Waals surface area contributed by atoms with E-state index in [1.165, 1.54) is 0 Å². The second-order valence-electron chi connectivity index (χ2n) is 6.24. The Labute approximate surface area is 217 Å². The van der Waals surface area contributed by atoms with Crippen molar-refractivity contribution in [3.8, 4) is 0 Å². The van der Waals surface area contributed by atoms with Crippen molar-refractivity contribution in [1.29, 1.82) is 0 Å². The molecule has 0 heterocycles. The van der Waals surface area contributed by atoms with Crippen LogP contribution in [-0.4, -0.2) is 42.1 Å². The third kappa shape index (κ3) is 9.02. The van der Waals surface area contributed by atoms with Crippen molar-refractivity contribution < 1.29 is 70.3 Å². The predicted octanol–water partition coefficient (Wildman–Crippen LogP) is 5.39. The van der Waals surface area contributed by atoms with Gasteiger partial charge in [0.05, 0.1) is 23.7 Å². The van der Waals surface area contributed by atoms with E-state index >= 15 is 0 Å². The standard InChI is InChI=1S/C14H26O4Si.4HI.2Sm/c1-4-19(5-2,6-3)18-14-8-7-10(15)12(13(14)17)11(16)9-14;;;;;;/h11-13,16-17H,4-9H2,1-3H3;4*1H;;/q;;;;;2*+2/p-4. The van der Waals surface area contributed by atoms with Gasteiger partial charge in [0.1, 0.15) is 5.78 Å². The predicted molar refractivity (Wildman–Crippen MR) is 131 cm³/mol. The molecule has 2 rings (SSSR count). The monoisotopic (exact) mass is 1100 g/mol. The van der Waals surface area contributed by atoms with E-state index in [1.54, 1.807) is 0 Å². The number of carbonyl (C=O) groups is 1. The van der Waals surface area contributed by atoms with Crippen LogP contribution in [0.5, 0.6) is 0 Å². The van der Waals surface area contributed by atoms with Crippen LogP contribution in [0.4, 0.5) is 0 Å². The number of rotatable bonds is 5. The summed E-state index contributed by atoms with van der Waals surface area (Å²) in [4.78, 5) is 11.8. The van der Waals surface area contributed by atoms with Crippen LogP contribution in [0.1, 0.15) is 40.0 Å². The molecule has 2 saturated carbocycles. The Hall–Kier alpha value is 5.36. The number of ketones is 1. The topological polar surface area (TPSA) is 66.8 Å². The molecular weight excluding hydrogens is 1070 g/mol. The molecule has 2 fully saturated rings. The number of halogens is 4. The van der Waals surface area contributed by atoms with Gasteiger partial charge >= 0.3 is 108 Å². The van der Waals surface area contributed by atoms with Gasteiger partial charge in [-0.15, -0.1) is 0 Å². The van der Waals surface area contributed by atoms with E-state index in [0.717, 1.165) is 18.1 Å². The molecule has 2 N–H and O–H groups in total. The first-order valence-electron chi connectivity index (χ1n) is 8.14. The number of aliphatic hydroxyl groups is 2. The van der Waals surface area contributed by atoms with E-state index in [0.29, 0.717) is 19.3 Å². The molecule has 0 aromatic carbocycles. The molecule has 2 bridgehead atoms. The van der Waals surface area contributed by atoms with Crippen molar-refractivity contribution >= 4 is 71.3 Å². The van der Waals surface area contributed by atoms with Crippen LogP contribution in [0.2, 0.25) is 18.1 Å². The van der Waals surface area contributed by atoms with Crippen LogP contribution in [0.3, 0.4) is 0 Å². The number of hydrogen-bond acceptors (Lipinski definition) is 4. The van der Waals surface area contributed by atoms with E-state index in [2.05, 4.69) is 77.9 Å². The van der Waals surface area contributed by atoms with Gasteiger partial charge in [0, 0.05) is 12.8 Å². The van der Waals surface area contributed by atoms with Crippen LogP contribution >= 0.6 is 57.2 Å². The Kier molecular flexibility index (Phi) is 19.5.